The molecule has 8 heteroatoms. The molecule has 108 valence electrons. The van der Waals surface area contributed by atoms with E-state index in [0.717, 1.165) is 47.9 Å². The zero-order valence-electron chi connectivity index (χ0n) is 11.6. The molecule has 20 heavy (non-hydrogen) atoms. The SMILES string of the molecule is CCn1c(CN)nnc1SCc1nnc2n1CCCC2. The largest absolute Gasteiger partial charge is 0.324 e. The van der Waals surface area contributed by atoms with Crippen LogP contribution in [0.5, 0.6) is 0 Å². The monoisotopic (exact) mass is 293 g/mol. The number of hydrogen-bond acceptors (Lipinski definition) is 6. The standard InChI is InChI=1S/C12H19N7S/c1-2-18-10(7-13)15-17-12(18)20-8-11-16-14-9-5-3-4-6-19(9)11/h2-8,13H2,1H3. The third kappa shape index (κ3) is 2.45. The van der Waals surface area contributed by atoms with Crippen molar-refractivity contribution in [1.82, 2.24) is 29.5 Å². The minimum atomic E-state index is 0.418. The third-order valence-electron chi connectivity index (χ3n) is 3.56. The van der Waals surface area contributed by atoms with Crippen LogP contribution in [-0.2, 0) is 31.8 Å². The van der Waals surface area contributed by atoms with Gasteiger partial charge >= 0.3 is 0 Å². The molecule has 7 nitrogen and oxygen atoms in total. The van der Waals surface area contributed by atoms with E-state index in [0.29, 0.717) is 6.54 Å². The zero-order valence-corrected chi connectivity index (χ0v) is 12.4. The molecule has 3 heterocycles. The Morgan fingerprint density at radius 3 is 2.80 bits per heavy atom. The van der Waals surface area contributed by atoms with E-state index in [4.69, 9.17) is 5.73 Å². The van der Waals surface area contributed by atoms with Crippen molar-refractivity contribution in [2.75, 3.05) is 0 Å². The van der Waals surface area contributed by atoms with E-state index in [9.17, 15) is 0 Å². The van der Waals surface area contributed by atoms with Gasteiger partial charge in [-0.2, -0.15) is 0 Å². The van der Waals surface area contributed by atoms with Gasteiger partial charge in [-0.1, -0.05) is 11.8 Å². The lowest BCUT2D eigenvalue weighted by Crippen LogP contribution is -2.13. The average molecular weight is 293 g/mol. The molecule has 0 amide bonds. The first kappa shape index (κ1) is 13.6. The Morgan fingerprint density at radius 1 is 1.15 bits per heavy atom. The number of fused-ring (bicyclic) bond motifs is 1. The fourth-order valence-corrected chi connectivity index (χ4v) is 3.46. The lowest BCUT2D eigenvalue weighted by Gasteiger charge is -2.14. The second kappa shape index (κ2) is 5.92. The van der Waals surface area contributed by atoms with Crippen molar-refractivity contribution in [2.24, 2.45) is 5.73 Å². The number of rotatable bonds is 5. The summed E-state index contributed by atoms with van der Waals surface area (Å²) in [5.74, 6) is 3.75. The second-order valence-electron chi connectivity index (χ2n) is 4.78. The summed E-state index contributed by atoms with van der Waals surface area (Å²) in [6, 6.07) is 0. The minimum absolute atomic E-state index is 0.418. The van der Waals surface area contributed by atoms with Crippen molar-refractivity contribution in [3.63, 3.8) is 0 Å². The van der Waals surface area contributed by atoms with Crippen LogP contribution < -0.4 is 5.73 Å². The van der Waals surface area contributed by atoms with Gasteiger partial charge in [0, 0.05) is 19.5 Å². The first-order valence-electron chi connectivity index (χ1n) is 6.99. The summed E-state index contributed by atoms with van der Waals surface area (Å²) < 4.78 is 4.30. The summed E-state index contributed by atoms with van der Waals surface area (Å²) in [4.78, 5) is 0. The minimum Gasteiger partial charge on any atom is -0.324 e. The smallest absolute Gasteiger partial charge is 0.191 e. The van der Waals surface area contributed by atoms with E-state index < -0.39 is 0 Å². The quantitative estimate of drug-likeness (QED) is 0.827. The highest BCUT2D eigenvalue weighted by Crippen LogP contribution is 2.23. The summed E-state index contributed by atoms with van der Waals surface area (Å²) in [5, 5.41) is 17.8. The molecule has 2 aromatic heterocycles. The van der Waals surface area contributed by atoms with E-state index in [1.54, 1.807) is 11.8 Å². The summed E-state index contributed by atoms with van der Waals surface area (Å²) >= 11 is 1.65. The van der Waals surface area contributed by atoms with Gasteiger partial charge in [-0.3, -0.25) is 0 Å². The van der Waals surface area contributed by atoms with Crippen molar-refractivity contribution in [1.29, 1.82) is 0 Å². The topological polar surface area (TPSA) is 87.4 Å². The van der Waals surface area contributed by atoms with E-state index >= 15 is 0 Å². The van der Waals surface area contributed by atoms with Crippen LogP contribution in [0, 0.1) is 0 Å². The van der Waals surface area contributed by atoms with Crippen LogP contribution in [-0.4, -0.2) is 29.5 Å². The fourth-order valence-electron chi connectivity index (χ4n) is 2.50. The van der Waals surface area contributed by atoms with Gasteiger partial charge in [-0.15, -0.1) is 20.4 Å². The number of nitrogens with two attached hydrogens (primary N) is 1. The lowest BCUT2D eigenvalue weighted by molar-refractivity contribution is 0.513. The Morgan fingerprint density at radius 2 is 2.00 bits per heavy atom. The molecular weight excluding hydrogens is 274 g/mol. The molecule has 3 rings (SSSR count). The highest BCUT2D eigenvalue weighted by Gasteiger charge is 2.17. The van der Waals surface area contributed by atoms with Crippen LogP contribution in [0.3, 0.4) is 0 Å². The van der Waals surface area contributed by atoms with Gasteiger partial charge in [0.2, 0.25) is 0 Å². The van der Waals surface area contributed by atoms with Gasteiger partial charge in [0.05, 0.1) is 12.3 Å². The summed E-state index contributed by atoms with van der Waals surface area (Å²) in [5.41, 5.74) is 5.66. The molecule has 1 aliphatic heterocycles. The summed E-state index contributed by atoms with van der Waals surface area (Å²) in [7, 11) is 0. The highest BCUT2D eigenvalue weighted by atomic mass is 32.2. The maximum atomic E-state index is 5.66. The Balaban J connectivity index is 1.73. The normalized spacial score (nSPS) is 14.5. The predicted octanol–water partition coefficient (Wildman–Crippen LogP) is 0.977. The maximum Gasteiger partial charge on any atom is 0.191 e. The number of hydrogen-bond donors (Lipinski definition) is 1. The van der Waals surface area contributed by atoms with E-state index in [1.807, 2.05) is 0 Å². The van der Waals surface area contributed by atoms with E-state index in [2.05, 4.69) is 36.5 Å². The molecule has 0 fully saturated rings. The first-order valence-corrected chi connectivity index (χ1v) is 7.98. The Labute approximate surface area is 122 Å². The molecule has 0 spiro atoms. The number of aromatic nitrogens is 6. The Bertz CT molecular complexity index is 554. The van der Waals surface area contributed by atoms with Gasteiger partial charge in [0.15, 0.2) is 5.16 Å². The van der Waals surface area contributed by atoms with Gasteiger partial charge in [0.25, 0.3) is 0 Å². The maximum absolute atomic E-state index is 5.66. The van der Waals surface area contributed by atoms with Crippen LogP contribution in [0.1, 0.15) is 37.2 Å². The van der Waals surface area contributed by atoms with Crippen LogP contribution in [0.15, 0.2) is 5.16 Å². The van der Waals surface area contributed by atoms with Crippen molar-refractivity contribution < 1.29 is 0 Å². The summed E-state index contributed by atoms with van der Waals surface area (Å²) in [6.45, 7) is 4.36. The van der Waals surface area contributed by atoms with Crippen molar-refractivity contribution >= 4 is 11.8 Å². The van der Waals surface area contributed by atoms with E-state index in [-0.39, 0.29) is 0 Å². The fraction of sp³-hybridized carbons (Fsp3) is 0.667. The molecule has 0 aliphatic carbocycles. The summed E-state index contributed by atoms with van der Waals surface area (Å²) in [6.07, 6.45) is 3.47. The Hall–Kier alpha value is -1.41. The van der Waals surface area contributed by atoms with Crippen LogP contribution in [0.2, 0.25) is 0 Å². The molecule has 0 unspecified atom stereocenters. The van der Waals surface area contributed by atoms with Gasteiger partial charge in [-0.05, 0) is 19.8 Å². The number of nitrogens with zero attached hydrogens (tertiary/aromatic N) is 6. The van der Waals surface area contributed by atoms with Gasteiger partial charge in [0.1, 0.15) is 17.5 Å². The van der Waals surface area contributed by atoms with Crippen molar-refractivity contribution in [3.8, 4) is 0 Å². The van der Waals surface area contributed by atoms with Crippen LogP contribution in [0.25, 0.3) is 0 Å². The Kier molecular flexibility index (Phi) is 4.02. The molecule has 0 radical (unpaired) electrons. The molecule has 0 saturated carbocycles. The molecular formula is C12H19N7S. The highest BCUT2D eigenvalue weighted by molar-refractivity contribution is 7.98. The van der Waals surface area contributed by atoms with Crippen LogP contribution in [0.4, 0.5) is 0 Å². The number of thioether (sulfide) groups is 1. The second-order valence-corrected chi connectivity index (χ2v) is 5.72. The molecule has 0 aromatic carbocycles. The molecule has 0 bridgehead atoms. The van der Waals surface area contributed by atoms with Crippen LogP contribution >= 0.6 is 11.8 Å². The van der Waals surface area contributed by atoms with Gasteiger partial charge in [-0.25, -0.2) is 0 Å². The van der Waals surface area contributed by atoms with E-state index in [1.165, 1.54) is 12.8 Å². The number of aryl methyl sites for hydroxylation is 1. The molecule has 2 N–H and O–H groups in total. The molecule has 2 aromatic rings. The molecule has 0 saturated heterocycles. The van der Waals surface area contributed by atoms with Gasteiger partial charge < -0.3 is 14.9 Å². The lowest BCUT2D eigenvalue weighted by atomic mass is 10.2. The average Bonchev–Trinajstić information content (AvgIpc) is 3.08. The van der Waals surface area contributed by atoms with Crippen molar-refractivity contribution in [3.05, 3.63) is 17.5 Å². The van der Waals surface area contributed by atoms with Crippen molar-refractivity contribution in [2.45, 2.75) is 56.7 Å². The first-order chi connectivity index (χ1) is 9.83. The molecule has 0 atom stereocenters. The predicted molar refractivity (Wildman–Crippen MR) is 76.1 cm³/mol. The zero-order chi connectivity index (χ0) is 13.9. The third-order valence-corrected chi connectivity index (χ3v) is 4.52. The molecule has 1 aliphatic rings.